The van der Waals surface area contributed by atoms with E-state index in [1.165, 1.54) is 0 Å². The zero-order chi connectivity index (χ0) is 21.3. The number of aliphatic hydroxyl groups excluding tert-OH is 2. The first-order valence-corrected chi connectivity index (χ1v) is 12.7. The van der Waals surface area contributed by atoms with E-state index in [-0.39, 0.29) is 11.6 Å². The van der Waals surface area contributed by atoms with Crippen LogP contribution in [0.15, 0.2) is 24.3 Å². The molecule has 4 atom stereocenters. The van der Waals surface area contributed by atoms with Crippen molar-refractivity contribution in [3.8, 4) is 5.75 Å². The van der Waals surface area contributed by atoms with Crippen molar-refractivity contribution in [2.75, 3.05) is 13.7 Å². The lowest BCUT2D eigenvalue weighted by Crippen LogP contribution is -2.47. The van der Waals surface area contributed by atoms with Gasteiger partial charge in [-0.3, -0.25) is 0 Å². The van der Waals surface area contributed by atoms with Crippen LogP contribution in [0, 0.1) is 0 Å². The summed E-state index contributed by atoms with van der Waals surface area (Å²) in [7, 11) is -0.417. The standard InChI is InChI=1S/C21H36O6Si/c1-20(2,3)28(7,8)25-13-16(22)18-19(27-21(4,5)26-18)17(23)14-9-11-15(24-6)12-10-14/h9-12,16-19,22-23H,13H2,1-8H3/t16-,17?,18-,19+/m1/s1. The Bertz CT molecular complexity index is 637. The Morgan fingerprint density at radius 1 is 1.07 bits per heavy atom. The van der Waals surface area contributed by atoms with Gasteiger partial charge in [-0.05, 0) is 49.7 Å². The van der Waals surface area contributed by atoms with Gasteiger partial charge in [-0.15, -0.1) is 0 Å². The SMILES string of the molecule is COc1ccc(C(O)[C@@H]2OC(C)(C)O[C@@H]2[C@H](O)CO[Si](C)(C)C(C)(C)C)cc1. The van der Waals surface area contributed by atoms with Crippen molar-refractivity contribution in [2.45, 2.75) is 83.0 Å². The third-order valence-electron chi connectivity index (χ3n) is 5.73. The quantitative estimate of drug-likeness (QED) is 0.666. The third kappa shape index (κ3) is 5.34. The summed E-state index contributed by atoms with van der Waals surface area (Å²) in [6, 6.07) is 7.14. The second kappa shape index (κ2) is 8.42. The molecule has 0 aromatic heterocycles. The molecule has 2 rings (SSSR count). The molecule has 1 aromatic rings. The predicted octanol–water partition coefficient (Wildman–Crippen LogP) is 3.63. The minimum atomic E-state index is -2.01. The van der Waals surface area contributed by atoms with Gasteiger partial charge in [0.2, 0.25) is 0 Å². The Kier molecular flexibility index (Phi) is 7.01. The zero-order valence-electron chi connectivity index (χ0n) is 18.4. The molecule has 7 heteroatoms. The van der Waals surface area contributed by atoms with Crippen molar-refractivity contribution in [1.29, 1.82) is 0 Å². The summed E-state index contributed by atoms with van der Waals surface area (Å²) in [5.41, 5.74) is 0.676. The smallest absolute Gasteiger partial charge is 0.192 e. The molecular weight excluding hydrogens is 376 g/mol. The zero-order valence-corrected chi connectivity index (χ0v) is 19.4. The van der Waals surface area contributed by atoms with Gasteiger partial charge in [-0.2, -0.15) is 0 Å². The molecule has 1 aliphatic rings. The molecule has 0 radical (unpaired) electrons. The molecule has 1 aromatic carbocycles. The molecule has 1 saturated heterocycles. The van der Waals surface area contributed by atoms with Crippen LogP contribution in [-0.4, -0.2) is 56.3 Å². The molecule has 6 nitrogen and oxygen atoms in total. The van der Waals surface area contributed by atoms with Crippen molar-refractivity contribution in [3.05, 3.63) is 29.8 Å². The van der Waals surface area contributed by atoms with Crippen molar-refractivity contribution in [1.82, 2.24) is 0 Å². The molecule has 2 N–H and O–H groups in total. The van der Waals surface area contributed by atoms with E-state index in [4.69, 9.17) is 18.6 Å². The van der Waals surface area contributed by atoms with Crippen LogP contribution in [0.5, 0.6) is 5.75 Å². The Labute approximate surface area is 169 Å². The maximum absolute atomic E-state index is 10.9. The fraction of sp³-hybridized carbons (Fsp3) is 0.714. The number of aliphatic hydroxyl groups is 2. The number of hydrogen-bond donors (Lipinski definition) is 2. The van der Waals surface area contributed by atoms with Crippen molar-refractivity contribution in [3.63, 3.8) is 0 Å². The van der Waals surface area contributed by atoms with Gasteiger partial charge < -0.3 is 28.8 Å². The predicted molar refractivity (Wildman–Crippen MR) is 111 cm³/mol. The Balaban J connectivity index is 2.14. The number of methoxy groups -OCH3 is 1. The largest absolute Gasteiger partial charge is 0.497 e. The maximum atomic E-state index is 10.9. The maximum Gasteiger partial charge on any atom is 0.192 e. The van der Waals surface area contributed by atoms with E-state index in [0.717, 1.165) is 0 Å². The summed E-state index contributed by atoms with van der Waals surface area (Å²) in [6.07, 6.45) is -3.26. The number of rotatable bonds is 7. The topological polar surface area (TPSA) is 77.4 Å². The van der Waals surface area contributed by atoms with E-state index >= 15 is 0 Å². The molecule has 28 heavy (non-hydrogen) atoms. The summed E-state index contributed by atoms with van der Waals surface area (Å²) < 4.78 is 23.2. The highest BCUT2D eigenvalue weighted by molar-refractivity contribution is 6.74. The minimum absolute atomic E-state index is 0.0427. The van der Waals surface area contributed by atoms with Crippen LogP contribution < -0.4 is 4.74 Å². The van der Waals surface area contributed by atoms with Crippen LogP contribution in [0.4, 0.5) is 0 Å². The minimum Gasteiger partial charge on any atom is -0.497 e. The van der Waals surface area contributed by atoms with Crippen LogP contribution >= 0.6 is 0 Å². The summed E-state index contributed by atoms with van der Waals surface area (Å²) in [6.45, 7) is 14.4. The van der Waals surface area contributed by atoms with E-state index in [9.17, 15) is 10.2 Å². The Morgan fingerprint density at radius 3 is 2.11 bits per heavy atom. The van der Waals surface area contributed by atoms with E-state index in [2.05, 4.69) is 33.9 Å². The van der Waals surface area contributed by atoms with Gasteiger partial charge in [-0.1, -0.05) is 32.9 Å². The lowest BCUT2D eigenvalue weighted by molar-refractivity contribution is -0.162. The Morgan fingerprint density at radius 2 is 1.61 bits per heavy atom. The molecule has 1 unspecified atom stereocenters. The molecule has 1 aliphatic heterocycles. The summed E-state index contributed by atoms with van der Waals surface area (Å²) in [5, 5.41) is 21.8. The van der Waals surface area contributed by atoms with Gasteiger partial charge >= 0.3 is 0 Å². The van der Waals surface area contributed by atoms with E-state index < -0.39 is 38.5 Å². The van der Waals surface area contributed by atoms with Gasteiger partial charge in [0.25, 0.3) is 0 Å². The van der Waals surface area contributed by atoms with Gasteiger partial charge in [0.15, 0.2) is 14.1 Å². The van der Waals surface area contributed by atoms with Crippen LogP contribution in [0.1, 0.15) is 46.3 Å². The highest BCUT2D eigenvalue weighted by Gasteiger charge is 2.49. The lowest BCUT2D eigenvalue weighted by atomic mass is 9.97. The van der Waals surface area contributed by atoms with Crippen LogP contribution in [0.25, 0.3) is 0 Å². The van der Waals surface area contributed by atoms with Crippen molar-refractivity contribution in [2.24, 2.45) is 0 Å². The summed E-state index contributed by atoms with van der Waals surface area (Å²) in [4.78, 5) is 0. The lowest BCUT2D eigenvalue weighted by Gasteiger charge is -2.37. The molecular formula is C21H36O6Si. The molecule has 1 heterocycles. The van der Waals surface area contributed by atoms with Gasteiger partial charge in [-0.25, -0.2) is 0 Å². The first-order valence-electron chi connectivity index (χ1n) is 9.77. The fourth-order valence-corrected chi connectivity index (χ4v) is 3.98. The van der Waals surface area contributed by atoms with Crippen LogP contribution in [-0.2, 0) is 13.9 Å². The van der Waals surface area contributed by atoms with Gasteiger partial charge in [0, 0.05) is 0 Å². The monoisotopic (exact) mass is 412 g/mol. The van der Waals surface area contributed by atoms with Crippen molar-refractivity contribution < 1.29 is 28.8 Å². The fourth-order valence-electron chi connectivity index (χ4n) is 2.95. The number of hydrogen-bond acceptors (Lipinski definition) is 6. The number of benzene rings is 1. The molecule has 0 amide bonds. The summed E-state index contributed by atoms with van der Waals surface area (Å²) >= 11 is 0. The highest BCUT2D eigenvalue weighted by atomic mass is 28.4. The van der Waals surface area contributed by atoms with E-state index in [1.807, 2.05) is 0 Å². The molecule has 0 spiro atoms. The normalized spacial score (nSPS) is 24.8. The molecule has 0 aliphatic carbocycles. The average molecular weight is 413 g/mol. The van der Waals surface area contributed by atoms with E-state index in [0.29, 0.717) is 11.3 Å². The van der Waals surface area contributed by atoms with Crippen LogP contribution in [0.3, 0.4) is 0 Å². The first kappa shape index (κ1) is 23.3. The molecule has 1 fully saturated rings. The van der Waals surface area contributed by atoms with E-state index in [1.54, 1.807) is 45.2 Å². The second-order valence-corrected chi connectivity index (χ2v) is 14.2. The molecule has 0 bridgehead atoms. The second-order valence-electron chi connectivity index (χ2n) is 9.42. The summed E-state index contributed by atoms with van der Waals surface area (Å²) in [5.74, 6) is -0.194. The van der Waals surface area contributed by atoms with Gasteiger partial charge in [0.1, 0.15) is 30.2 Å². The van der Waals surface area contributed by atoms with Crippen LogP contribution in [0.2, 0.25) is 18.1 Å². The number of ether oxygens (including phenoxy) is 3. The average Bonchev–Trinajstić information content (AvgIpc) is 2.94. The third-order valence-corrected chi connectivity index (χ3v) is 10.2. The molecule has 160 valence electrons. The Hall–Kier alpha value is -0.963. The molecule has 0 saturated carbocycles. The highest BCUT2D eigenvalue weighted by Crippen LogP contribution is 2.39. The van der Waals surface area contributed by atoms with Gasteiger partial charge in [0.05, 0.1) is 13.7 Å². The van der Waals surface area contributed by atoms with Crippen molar-refractivity contribution >= 4 is 8.32 Å². The first-order chi connectivity index (χ1) is 12.8.